The Bertz CT molecular complexity index is 1590. The Balaban J connectivity index is 1.29. The average Bonchev–Trinajstić information content (AvgIpc) is 3.03. The van der Waals surface area contributed by atoms with Gasteiger partial charge in [0.2, 0.25) is 0 Å². The molecule has 1 aliphatic rings. The first-order valence-electron chi connectivity index (χ1n) is 13.8. The van der Waals surface area contributed by atoms with Gasteiger partial charge in [0, 0.05) is 23.6 Å². The largest absolute Gasteiger partial charge is 0.493 e. The van der Waals surface area contributed by atoms with Crippen LogP contribution in [0.25, 0.3) is 10.8 Å². The van der Waals surface area contributed by atoms with Gasteiger partial charge in [-0.25, -0.2) is 4.79 Å². The number of halogens is 3. The topological polar surface area (TPSA) is 84.9 Å². The average molecular weight is 591 g/mol. The summed E-state index contributed by atoms with van der Waals surface area (Å²) in [5.74, 6) is -4.34. The Morgan fingerprint density at radius 1 is 0.837 bits per heavy atom. The zero-order chi connectivity index (χ0) is 30.4. The van der Waals surface area contributed by atoms with Crippen LogP contribution in [-0.2, 0) is 21.0 Å². The zero-order valence-corrected chi connectivity index (χ0v) is 23.1. The number of Topliss-reactive ketones (excluding diaryl/α,β-unsaturated/α-hetero) is 1. The fourth-order valence-corrected chi connectivity index (χ4v) is 5.08. The van der Waals surface area contributed by atoms with Crippen LogP contribution in [0.2, 0.25) is 0 Å². The molecular weight excluding hydrogens is 561 g/mol. The molecule has 0 saturated carbocycles. The Kier molecular flexibility index (Phi) is 9.18. The van der Waals surface area contributed by atoms with Crippen molar-refractivity contribution in [2.24, 2.45) is 0 Å². The first-order chi connectivity index (χ1) is 20.7. The number of amides is 1. The molecule has 0 bridgehead atoms. The molecule has 4 aromatic rings. The second-order valence-electron chi connectivity index (χ2n) is 10.3. The minimum atomic E-state index is -5.35. The highest BCUT2D eigenvalue weighted by atomic mass is 19.4. The third kappa shape index (κ3) is 7.46. The van der Waals surface area contributed by atoms with Gasteiger partial charge in [-0.05, 0) is 53.1 Å². The van der Waals surface area contributed by atoms with E-state index in [0.717, 1.165) is 34.9 Å². The third-order valence-electron chi connectivity index (χ3n) is 7.32. The summed E-state index contributed by atoms with van der Waals surface area (Å²) in [6.45, 7) is 0.927. The minimum Gasteiger partial charge on any atom is -0.372 e. The lowest BCUT2D eigenvalue weighted by atomic mass is 9.87. The van der Waals surface area contributed by atoms with E-state index < -0.39 is 30.4 Å². The van der Waals surface area contributed by atoms with Gasteiger partial charge in [0.25, 0.3) is 5.91 Å². The molecule has 5 rings (SSSR count). The highest BCUT2D eigenvalue weighted by Crippen LogP contribution is 2.29. The summed E-state index contributed by atoms with van der Waals surface area (Å²) >= 11 is 0. The molecule has 1 amide bonds. The van der Waals surface area contributed by atoms with E-state index in [1.54, 1.807) is 30.3 Å². The highest BCUT2D eigenvalue weighted by molar-refractivity contribution is 6.02. The van der Waals surface area contributed by atoms with Crippen LogP contribution in [0, 0.1) is 0 Å². The normalized spacial score (nSPS) is 16.9. The summed E-state index contributed by atoms with van der Waals surface area (Å²) in [6, 6.07) is 28.3. The minimum absolute atomic E-state index is 0.00433. The number of hydrogen-bond donors (Lipinski definition) is 1. The van der Waals surface area contributed by atoms with Crippen molar-refractivity contribution in [3.63, 3.8) is 0 Å². The molecule has 1 N–H and O–H groups in total. The standard InChI is InChI=1S/C33H29F3N2O5/c34-33(35,36)32(41)43-38(20-29(39)25-7-2-1-3-8-25)31(40)26-14-12-24(13-15-26)28-16-17-37-19-30(28)42-21-22-10-11-23-6-4-5-9-27(23)18-22/h1-15,18,28,30,37H,16-17,19-21H2. The lowest BCUT2D eigenvalue weighted by molar-refractivity contribution is -0.227. The number of alkyl halides is 3. The smallest absolute Gasteiger partial charge is 0.372 e. The maximum absolute atomic E-state index is 13.2. The van der Waals surface area contributed by atoms with Crippen LogP contribution in [0.1, 0.15) is 44.2 Å². The number of benzene rings is 4. The van der Waals surface area contributed by atoms with Gasteiger partial charge < -0.3 is 14.9 Å². The summed E-state index contributed by atoms with van der Waals surface area (Å²) in [6.07, 6.45) is -4.74. The number of carbonyl (C=O) groups excluding carboxylic acids is 3. The van der Waals surface area contributed by atoms with Crippen LogP contribution >= 0.6 is 0 Å². The van der Waals surface area contributed by atoms with Crippen LogP contribution < -0.4 is 5.32 Å². The summed E-state index contributed by atoms with van der Waals surface area (Å²) in [5, 5.41) is 5.78. The monoisotopic (exact) mass is 590 g/mol. The molecule has 2 atom stereocenters. The van der Waals surface area contributed by atoms with E-state index in [9.17, 15) is 27.6 Å². The van der Waals surface area contributed by atoms with E-state index in [1.807, 2.05) is 18.2 Å². The van der Waals surface area contributed by atoms with Gasteiger partial charge in [-0.15, -0.1) is 0 Å². The van der Waals surface area contributed by atoms with Crippen molar-refractivity contribution < 1.29 is 37.1 Å². The lowest BCUT2D eigenvalue weighted by Gasteiger charge is -2.32. The fraction of sp³-hybridized carbons (Fsp3) is 0.242. The number of fused-ring (bicyclic) bond motifs is 1. The van der Waals surface area contributed by atoms with Gasteiger partial charge in [-0.2, -0.15) is 18.2 Å². The quantitative estimate of drug-likeness (QED) is 0.205. The number of nitrogens with one attached hydrogen (secondary N) is 1. The number of ketones is 1. The zero-order valence-electron chi connectivity index (χ0n) is 23.1. The Labute approximate surface area is 246 Å². The van der Waals surface area contributed by atoms with Crippen molar-refractivity contribution in [2.75, 3.05) is 19.6 Å². The van der Waals surface area contributed by atoms with Crippen LogP contribution in [-0.4, -0.2) is 54.6 Å². The molecule has 1 saturated heterocycles. The van der Waals surface area contributed by atoms with E-state index in [2.05, 4.69) is 34.4 Å². The van der Waals surface area contributed by atoms with Crippen molar-refractivity contribution in [2.45, 2.75) is 31.2 Å². The van der Waals surface area contributed by atoms with Gasteiger partial charge in [-0.3, -0.25) is 9.59 Å². The molecule has 0 aromatic heterocycles. The number of hydrogen-bond acceptors (Lipinski definition) is 6. The van der Waals surface area contributed by atoms with Crippen LogP contribution in [0.3, 0.4) is 0 Å². The second kappa shape index (κ2) is 13.2. The Morgan fingerprint density at radius 3 is 2.26 bits per heavy atom. The number of nitrogens with zero attached hydrogens (tertiary/aromatic N) is 1. The fourth-order valence-electron chi connectivity index (χ4n) is 5.08. The second-order valence-corrected chi connectivity index (χ2v) is 10.3. The summed E-state index contributed by atoms with van der Waals surface area (Å²) < 4.78 is 45.2. The molecule has 0 spiro atoms. The predicted molar refractivity (Wildman–Crippen MR) is 153 cm³/mol. The van der Waals surface area contributed by atoms with Gasteiger partial charge in [0.15, 0.2) is 5.78 Å². The Morgan fingerprint density at radius 2 is 1.53 bits per heavy atom. The molecule has 0 radical (unpaired) electrons. The van der Waals surface area contributed by atoms with Crippen LogP contribution in [0.5, 0.6) is 0 Å². The molecular formula is C33H29F3N2O5. The van der Waals surface area contributed by atoms with E-state index in [-0.39, 0.29) is 28.2 Å². The highest BCUT2D eigenvalue weighted by Gasteiger charge is 2.44. The molecule has 10 heteroatoms. The van der Waals surface area contributed by atoms with E-state index in [0.29, 0.717) is 13.2 Å². The summed E-state index contributed by atoms with van der Waals surface area (Å²) in [7, 11) is 0. The Hall–Kier alpha value is -4.54. The number of carbonyl (C=O) groups is 3. The third-order valence-corrected chi connectivity index (χ3v) is 7.32. The first kappa shape index (κ1) is 29.9. The predicted octanol–water partition coefficient (Wildman–Crippen LogP) is 5.85. The molecule has 1 fully saturated rings. The van der Waals surface area contributed by atoms with E-state index in [1.165, 1.54) is 24.3 Å². The molecule has 222 valence electrons. The van der Waals surface area contributed by atoms with E-state index in [4.69, 9.17) is 4.74 Å². The summed E-state index contributed by atoms with van der Waals surface area (Å²) in [5.41, 5.74) is 2.05. The number of piperidine rings is 1. The van der Waals surface area contributed by atoms with Crippen molar-refractivity contribution in [3.05, 3.63) is 119 Å². The molecule has 1 aliphatic heterocycles. The van der Waals surface area contributed by atoms with Gasteiger partial charge in [0.05, 0.1) is 12.7 Å². The van der Waals surface area contributed by atoms with Crippen molar-refractivity contribution >= 4 is 28.4 Å². The molecule has 4 aromatic carbocycles. The maximum atomic E-state index is 13.2. The van der Waals surface area contributed by atoms with Crippen molar-refractivity contribution in [3.8, 4) is 0 Å². The van der Waals surface area contributed by atoms with Gasteiger partial charge in [0.1, 0.15) is 6.54 Å². The summed E-state index contributed by atoms with van der Waals surface area (Å²) in [4.78, 5) is 41.8. The van der Waals surface area contributed by atoms with Gasteiger partial charge in [-0.1, -0.05) is 78.9 Å². The lowest BCUT2D eigenvalue weighted by Crippen LogP contribution is -2.41. The molecule has 1 heterocycles. The molecule has 0 aliphatic carbocycles. The first-order valence-corrected chi connectivity index (χ1v) is 13.8. The maximum Gasteiger partial charge on any atom is 0.493 e. The number of rotatable bonds is 8. The van der Waals surface area contributed by atoms with Crippen molar-refractivity contribution in [1.29, 1.82) is 0 Å². The number of hydroxylamine groups is 2. The van der Waals surface area contributed by atoms with Crippen LogP contribution in [0.15, 0.2) is 97.1 Å². The molecule has 2 unspecified atom stereocenters. The van der Waals surface area contributed by atoms with E-state index >= 15 is 0 Å². The van der Waals surface area contributed by atoms with Gasteiger partial charge >= 0.3 is 12.1 Å². The molecule has 7 nitrogen and oxygen atoms in total. The van der Waals surface area contributed by atoms with Crippen LogP contribution in [0.4, 0.5) is 13.2 Å². The number of ether oxygens (including phenoxy) is 1. The van der Waals surface area contributed by atoms with Crippen molar-refractivity contribution in [1.82, 2.24) is 10.4 Å². The SMILES string of the molecule is O=C(CN(OC(=O)C(F)(F)F)C(=O)c1ccc(C2CCNCC2OCc2ccc3ccccc3c2)cc1)c1ccccc1. The molecule has 43 heavy (non-hydrogen) atoms.